The summed E-state index contributed by atoms with van der Waals surface area (Å²) < 4.78 is 10.8. The first kappa shape index (κ1) is 15.8. The van der Waals surface area contributed by atoms with E-state index in [9.17, 15) is 4.79 Å². The van der Waals surface area contributed by atoms with Gasteiger partial charge in [-0.15, -0.1) is 0 Å². The fraction of sp³-hybridized carbons (Fsp3) is 0.211. The van der Waals surface area contributed by atoms with Crippen molar-refractivity contribution in [3.8, 4) is 5.75 Å². The maximum absolute atomic E-state index is 11.7. The zero-order valence-corrected chi connectivity index (χ0v) is 13.0. The van der Waals surface area contributed by atoms with Gasteiger partial charge < -0.3 is 9.47 Å². The molecule has 0 saturated carbocycles. The van der Waals surface area contributed by atoms with Crippen molar-refractivity contribution in [3.05, 3.63) is 77.6 Å². The van der Waals surface area contributed by atoms with Crippen LogP contribution in [0.2, 0.25) is 0 Å². The second-order valence-electron chi connectivity index (χ2n) is 4.70. The van der Waals surface area contributed by atoms with Gasteiger partial charge in [-0.05, 0) is 29.3 Å². The van der Waals surface area contributed by atoms with Crippen molar-refractivity contribution in [1.82, 2.24) is 0 Å². The molecule has 0 N–H and O–H groups in total. The van der Waals surface area contributed by atoms with Crippen LogP contribution in [0.25, 0.3) is 0 Å². The molecule has 0 atom stereocenters. The topological polar surface area (TPSA) is 35.5 Å². The normalized spacial score (nSPS) is 12.6. The standard InChI is InChI=1S/C17H14O3.C2H6/c1-12-9-14-10-15(7-8-16(14)17(18)20-12)19-11-13-5-3-2-4-6-13;1-2/h2-8,10H,1,9,11H2;1-2H3. The molecule has 0 fully saturated rings. The molecular formula is C19H20O3. The number of cyclic esters (lactones) is 1. The van der Waals surface area contributed by atoms with Gasteiger partial charge in [-0.2, -0.15) is 0 Å². The van der Waals surface area contributed by atoms with E-state index in [1.807, 2.05) is 50.2 Å². The Balaban J connectivity index is 0.000000847. The minimum absolute atomic E-state index is 0.342. The molecule has 3 heteroatoms. The number of carbonyl (C=O) groups is 1. The highest BCUT2D eigenvalue weighted by Gasteiger charge is 2.21. The van der Waals surface area contributed by atoms with Crippen molar-refractivity contribution in [2.45, 2.75) is 26.9 Å². The van der Waals surface area contributed by atoms with Crippen LogP contribution >= 0.6 is 0 Å². The summed E-state index contributed by atoms with van der Waals surface area (Å²) in [6, 6.07) is 15.4. The lowest BCUT2D eigenvalue weighted by atomic mass is 10.0. The quantitative estimate of drug-likeness (QED) is 0.781. The number of esters is 1. The highest BCUT2D eigenvalue weighted by molar-refractivity contribution is 5.93. The van der Waals surface area contributed by atoms with Crippen molar-refractivity contribution < 1.29 is 14.3 Å². The molecule has 2 aromatic carbocycles. The predicted octanol–water partition coefficient (Wildman–Crippen LogP) is 4.52. The molecule has 0 spiro atoms. The van der Waals surface area contributed by atoms with E-state index in [4.69, 9.17) is 9.47 Å². The van der Waals surface area contributed by atoms with Crippen LogP contribution in [0.3, 0.4) is 0 Å². The summed E-state index contributed by atoms with van der Waals surface area (Å²) in [7, 11) is 0. The highest BCUT2D eigenvalue weighted by atomic mass is 16.5. The first-order valence-corrected chi connectivity index (χ1v) is 7.42. The van der Waals surface area contributed by atoms with Crippen molar-refractivity contribution >= 4 is 5.97 Å². The van der Waals surface area contributed by atoms with Gasteiger partial charge in [-0.3, -0.25) is 0 Å². The molecule has 1 aliphatic rings. The van der Waals surface area contributed by atoms with E-state index in [0.29, 0.717) is 24.4 Å². The van der Waals surface area contributed by atoms with Crippen LogP contribution in [-0.4, -0.2) is 5.97 Å². The average molecular weight is 296 g/mol. The molecule has 0 saturated heterocycles. The average Bonchev–Trinajstić information content (AvgIpc) is 2.55. The summed E-state index contributed by atoms with van der Waals surface area (Å²) >= 11 is 0. The van der Waals surface area contributed by atoms with Crippen LogP contribution in [0.5, 0.6) is 5.75 Å². The van der Waals surface area contributed by atoms with Gasteiger partial charge in [0.05, 0.1) is 5.56 Å². The van der Waals surface area contributed by atoms with Crippen molar-refractivity contribution in [2.24, 2.45) is 0 Å². The molecule has 0 bridgehead atoms. The van der Waals surface area contributed by atoms with E-state index in [1.54, 1.807) is 12.1 Å². The molecule has 0 aromatic heterocycles. The lowest BCUT2D eigenvalue weighted by molar-refractivity contribution is 0.0600. The number of rotatable bonds is 3. The Morgan fingerprint density at radius 1 is 1.14 bits per heavy atom. The van der Waals surface area contributed by atoms with Gasteiger partial charge in [0.2, 0.25) is 0 Å². The number of fused-ring (bicyclic) bond motifs is 1. The van der Waals surface area contributed by atoms with E-state index in [-0.39, 0.29) is 5.97 Å². The SMILES string of the molecule is C=C1Cc2cc(OCc3ccccc3)ccc2C(=O)O1.CC. The van der Waals surface area contributed by atoms with Gasteiger partial charge in [-0.1, -0.05) is 50.8 Å². The fourth-order valence-electron chi connectivity index (χ4n) is 2.18. The number of allylic oxidation sites excluding steroid dienone is 1. The summed E-state index contributed by atoms with van der Waals surface area (Å²) in [5.74, 6) is 0.878. The number of ether oxygens (including phenoxy) is 2. The van der Waals surface area contributed by atoms with E-state index < -0.39 is 0 Å². The molecule has 0 amide bonds. The first-order chi connectivity index (χ1) is 10.7. The van der Waals surface area contributed by atoms with Gasteiger partial charge in [0.15, 0.2) is 0 Å². The molecule has 3 rings (SSSR count). The molecule has 2 aromatic rings. The third-order valence-corrected chi connectivity index (χ3v) is 3.17. The molecule has 114 valence electrons. The highest BCUT2D eigenvalue weighted by Crippen LogP contribution is 2.26. The molecule has 0 aliphatic carbocycles. The maximum atomic E-state index is 11.7. The van der Waals surface area contributed by atoms with E-state index in [1.165, 1.54) is 0 Å². The van der Waals surface area contributed by atoms with E-state index in [0.717, 1.165) is 16.9 Å². The number of benzene rings is 2. The summed E-state index contributed by atoms with van der Waals surface area (Å²) in [4.78, 5) is 11.7. The second-order valence-corrected chi connectivity index (χ2v) is 4.70. The fourth-order valence-corrected chi connectivity index (χ4v) is 2.18. The largest absolute Gasteiger partial charge is 0.489 e. The molecule has 0 unspecified atom stereocenters. The third kappa shape index (κ3) is 3.76. The summed E-state index contributed by atoms with van der Waals surface area (Å²) in [6.07, 6.45) is 0.545. The molecule has 1 aliphatic heterocycles. The third-order valence-electron chi connectivity index (χ3n) is 3.17. The second kappa shape index (κ2) is 7.46. The lowest BCUT2D eigenvalue weighted by Gasteiger charge is -2.18. The Kier molecular flexibility index (Phi) is 5.37. The summed E-state index contributed by atoms with van der Waals surface area (Å²) in [5.41, 5.74) is 2.59. The number of hydrogen-bond donors (Lipinski definition) is 0. The predicted molar refractivity (Wildman–Crippen MR) is 86.8 cm³/mol. The van der Waals surface area contributed by atoms with Crippen molar-refractivity contribution in [2.75, 3.05) is 0 Å². The Morgan fingerprint density at radius 2 is 1.86 bits per heavy atom. The molecule has 0 radical (unpaired) electrons. The number of hydrogen-bond acceptors (Lipinski definition) is 3. The van der Waals surface area contributed by atoms with Crippen LogP contribution in [0.4, 0.5) is 0 Å². The monoisotopic (exact) mass is 296 g/mol. The van der Waals surface area contributed by atoms with Gasteiger partial charge in [0.1, 0.15) is 18.1 Å². The molecule has 1 heterocycles. The molecule has 22 heavy (non-hydrogen) atoms. The van der Waals surface area contributed by atoms with Crippen molar-refractivity contribution in [3.63, 3.8) is 0 Å². The number of carbonyl (C=O) groups excluding carboxylic acids is 1. The van der Waals surface area contributed by atoms with Gasteiger partial charge >= 0.3 is 5.97 Å². The summed E-state index contributed by atoms with van der Waals surface area (Å²) in [6.45, 7) is 8.21. The van der Waals surface area contributed by atoms with Crippen LogP contribution < -0.4 is 4.74 Å². The molecular weight excluding hydrogens is 276 g/mol. The van der Waals surface area contributed by atoms with Crippen LogP contribution in [-0.2, 0) is 17.8 Å². The van der Waals surface area contributed by atoms with E-state index >= 15 is 0 Å². The van der Waals surface area contributed by atoms with E-state index in [2.05, 4.69) is 6.58 Å². The van der Waals surface area contributed by atoms with Gasteiger partial charge in [0, 0.05) is 6.42 Å². The maximum Gasteiger partial charge on any atom is 0.343 e. The molecule has 3 nitrogen and oxygen atoms in total. The smallest absolute Gasteiger partial charge is 0.343 e. The minimum atomic E-state index is -0.342. The van der Waals surface area contributed by atoms with Gasteiger partial charge in [-0.25, -0.2) is 4.79 Å². The zero-order valence-electron chi connectivity index (χ0n) is 13.0. The van der Waals surface area contributed by atoms with Gasteiger partial charge in [0.25, 0.3) is 0 Å². The van der Waals surface area contributed by atoms with Crippen molar-refractivity contribution in [1.29, 1.82) is 0 Å². The first-order valence-electron chi connectivity index (χ1n) is 7.42. The van der Waals surface area contributed by atoms with Crippen LogP contribution in [0, 0.1) is 0 Å². The summed E-state index contributed by atoms with van der Waals surface area (Å²) in [5, 5.41) is 0. The Hall–Kier alpha value is -2.55. The minimum Gasteiger partial charge on any atom is -0.489 e. The Labute approximate surface area is 131 Å². The van der Waals surface area contributed by atoms with Crippen LogP contribution in [0.15, 0.2) is 60.9 Å². The van der Waals surface area contributed by atoms with Crippen LogP contribution in [0.1, 0.15) is 35.3 Å². The zero-order chi connectivity index (χ0) is 15.9. The lowest BCUT2D eigenvalue weighted by Crippen LogP contribution is -2.15. The Morgan fingerprint density at radius 3 is 2.59 bits per heavy atom. The Bertz CT molecular complexity index is 660.